The highest BCUT2D eigenvalue weighted by Crippen LogP contribution is 2.43. The number of carbonyl (C=O) groups excluding carboxylic acids is 1. The SMILES string of the molecule is CCCCCC/C=C/CCCCCCCC(=O)N[C@@H](COP(=O)(O)OCC[N+](C)(C)C)[C@H](O)/C=C/CCCCCCCCCCCCCC. The number of hydrogen-bond donors (Lipinski definition) is 3. The number of likely N-dealkylation sites (N-methyl/N-ethyl adjacent to an activating group) is 1. The zero-order valence-electron chi connectivity index (χ0n) is 32.7. The van der Waals surface area contributed by atoms with Crippen molar-refractivity contribution in [1.82, 2.24) is 5.32 Å². The molecule has 0 bridgehead atoms. The molecule has 3 atom stereocenters. The van der Waals surface area contributed by atoms with Gasteiger partial charge in [0.1, 0.15) is 13.2 Å². The molecule has 290 valence electrons. The van der Waals surface area contributed by atoms with Crippen molar-refractivity contribution in [1.29, 1.82) is 0 Å². The third-order valence-electron chi connectivity index (χ3n) is 8.92. The number of allylic oxidation sites excluding steroid dienone is 3. The molecule has 0 heterocycles. The normalized spacial score (nSPS) is 14.8. The fourth-order valence-corrected chi connectivity index (χ4v) is 6.36. The van der Waals surface area contributed by atoms with Crippen LogP contribution in [0.15, 0.2) is 24.3 Å². The minimum Gasteiger partial charge on any atom is -0.387 e. The lowest BCUT2D eigenvalue weighted by atomic mass is 10.0. The monoisotopic (exact) mass is 716 g/mol. The van der Waals surface area contributed by atoms with E-state index >= 15 is 0 Å². The average molecular weight is 716 g/mol. The third-order valence-corrected chi connectivity index (χ3v) is 9.90. The van der Waals surface area contributed by atoms with Gasteiger partial charge in [-0.1, -0.05) is 147 Å². The summed E-state index contributed by atoms with van der Waals surface area (Å²) in [6.45, 7) is 4.77. The molecular formula is C40H80N2O6P+. The molecule has 0 aliphatic carbocycles. The molecule has 0 saturated carbocycles. The molecule has 49 heavy (non-hydrogen) atoms. The third kappa shape index (κ3) is 35.2. The molecule has 9 heteroatoms. The van der Waals surface area contributed by atoms with Crippen LogP contribution in [0.1, 0.15) is 174 Å². The number of nitrogens with one attached hydrogen (secondary N) is 1. The van der Waals surface area contributed by atoms with Crippen molar-refractivity contribution in [3.8, 4) is 0 Å². The zero-order chi connectivity index (χ0) is 36.5. The molecule has 0 aromatic rings. The number of rotatable bonds is 36. The Kier molecular flexibility index (Phi) is 32.2. The molecule has 0 aliphatic rings. The van der Waals surface area contributed by atoms with E-state index in [0.717, 1.165) is 51.4 Å². The van der Waals surface area contributed by atoms with Gasteiger partial charge in [0.2, 0.25) is 5.91 Å². The molecular weight excluding hydrogens is 635 g/mol. The average Bonchev–Trinajstić information content (AvgIpc) is 3.04. The van der Waals surface area contributed by atoms with Crippen LogP contribution >= 0.6 is 7.82 Å². The Hall–Kier alpha value is -1.02. The first-order valence-electron chi connectivity index (χ1n) is 20.2. The van der Waals surface area contributed by atoms with E-state index in [1.54, 1.807) is 6.08 Å². The zero-order valence-corrected chi connectivity index (χ0v) is 33.6. The highest BCUT2D eigenvalue weighted by molar-refractivity contribution is 7.47. The fraction of sp³-hybridized carbons (Fsp3) is 0.875. The second kappa shape index (κ2) is 32.9. The molecule has 0 aromatic heterocycles. The van der Waals surface area contributed by atoms with Crippen molar-refractivity contribution in [3.63, 3.8) is 0 Å². The predicted octanol–water partition coefficient (Wildman–Crippen LogP) is 10.6. The van der Waals surface area contributed by atoms with E-state index in [-0.39, 0.29) is 19.1 Å². The van der Waals surface area contributed by atoms with Crippen LogP contribution in [0, 0.1) is 0 Å². The van der Waals surface area contributed by atoms with Gasteiger partial charge in [0.25, 0.3) is 0 Å². The van der Waals surface area contributed by atoms with Crippen LogP contribution in [0.2, 0.25) is 0 Å². The van der Waals surface area contributed by atoms with Gasteiger partial charge >= 0.3 is 7.82 Å². The van der Waals surface area contributed by atoms with Crippen molar-refractivity contribution in [2.75, 3.05) is 40.9 Å². The Morgan fingerprint density at radius 3 is 1.59 bits per heavy atom. The maximum absolute atomic E-state index is 12.8. The van der Waals surface area contributed by atoms with E-state index in [2.05, 4.69) is 31.3 Å². The second-order valence-electron chi connectivity index (χ2n) is 15.0. The number of phosphoric acid groups is 1. The summed E-state index contributed by atoms with van der Waals surface area (Å²) >= 11 is 0. The van der Waals surface area contributed by atoms with Crippen molar-refractivity contribution >= 4 is 13.7 Å². The first kappa shape index (κ1) is 48.0. The van der Waals surface area contributed by atoms with E-state index in [9.17, 15) is 19.4 Å². The van der Waals surface area contributed by atoms with Gasteiger partial charge in [0.15, 0.2) is 0 Å². The van der Waals surface area contributed by atoms with Crippen molar-refractivity contribution in [3.05, 3.63) is 24.3 Å². The predicted molar refractivity (Wildman–Crippen MR) is 208 cm³/mol. The van der Waals surface area contributed by atoms with Crippen molar-refractivity contribution in [2.45, 2.75) is 187 Å². The van der Waals surface area contributed by atoms with Gasteiger partial charge in [-0.05, 0) is 44.9 Å². The van der Waals surface area contributed by atoms with Crippen LogP contribution in [-0.2, 0) is 18.4 Å². The minimum atomic E-state index is -4.33. The van der Waals surface area contributed by atoms with Gasteiger partial charge in [-0.3, -0.25) is 13.8 Å². The topological polar surface area (TPSA) is 105 Å². The molecule has 8 nitrogen and oxygen atoms in total. The Morgan fingerprint density at radius 2 is 1.10 bits per heavy atom. The van der Waals surface area contributed by atoms with Gasteiger partial charge in [-0.25, -0.2) is 4.57 Å². The van der Waals surface area contributed by atoms with E-state index in [0.29, 0.717) is 17.4 Å². The Morgan fingerprint density at radius 1 is 0.673 bits per heavy atom. The van der Waals surface area contributed by atoms with Crippen molar-refractivity contribution in [2.24, 2.45) is 0 Å². The molecule has 0 aromatic carbocycles. The second-order valence-corrected chi connectivity index (χ2v) is 16.5. The lowest BCUT2D eigenvalue weighted by molar-refractivity contribution is -0.870. The number of aliphatic hydroxyl groups excluding tert-OH is 1. The van der Waals surface area contributed by atoms with Crippen LogP contribution < -0.4 is 5.32 Å². The maximum Gasteiger partial charge on any atom is 0.472 e. The first-order chi connectivity index (χ1) is 23.5. The number of carbonyl (C=O) groups is 1. The van der Waals surface area contributed by atoms with E-state index in [1.807, 2.05) is 27.2 Å². The highest BCUT2D eigenvalue weighted by atomic mass is 31.2. The van der Waals surface area contributed by atoms with Crippen LogP contribution in [-0.4, -0.2) is 73.4 Å². The number of nitrogens with zero attached hydrogens (tertiary/aromatic N) is 1. The smallest absolute Gasteiger partial charge is 0.387 e. The lowest BCUT2D eigenvalue weighted by Crippen LogP contribution is -2.45. The standard InChI is InChI=1S/C40H79N2O6P/c1-6-8-10-12-14-16-18-20-22-23-25-27-29-31-33-39(43)38(37-48-49(45,46)47-36-35-42(3,4)5)41-40(44)34-32-30-28-26-24-21-19-17-15-13-11-9-7-2/h17,19,31,33,38-39,43H,6-16,18,20-30,32,34-37H2,1-5H3,(H-,41,44,45,46)/p+1/b19-17+,33-31+/t38-,39+/m0/s1. The summed E-state index contributed by atoms with van der Waals surface area (Å²) in [6, 6.07) is -0.845. The number of quaternary nitrogens is 1. The van der Waals surface area contributed by atoms with Gasteiger partial charge < -0.3 is 19.8 Å². The summed E-state index contributed by atoms with van der Waals surface area (Å²) in [4.78, 5) is 23.0. The summed E-state index contributed by atoms with van der Waals surface area (Å²) < 4.78 is 23.5. The van der Waals surface area contributed by atoms with Gasteiger partial charge in [0.05, 0.1) is 39.9 Å². The highest BCUT2D eigenvalue weighted by Gasteiger charge is 2.27. The minimum absolute atomic E-state index is 0.0607. The Labute approximate surface area is 303 Å². The quantitative estimate of drug-likeness (QED) is 0.0258. The Balaban J connectivity index is 4.52. The van der Waals surface area contributed by atoms with E-state index < -0.39 is 20.0 Å². The molecule has 0 fully saturated rings. The van der Waals surface area contributed by atoms with Crippen LogP contribution in [0.25, 0.3) is 0 Å². The summed E-state index contributed by atoms with van der Waals surface area (Å²) in [5, 5.41) is 13.8. The number of hydrogen-bond acceptors (Lipinski definition) is 5. The number of aliphatic hydroxyl groups is 1. The lowest BCUT2D eigenvalue weighted by Gasteiger charge is -2.25. The summed E-state index contributed by atoms with van der Waals surface area (Å²) in [7, 11) is 1.57. The van der Waals surface area contributed by atoms with E-state index in [4.69, 9.17) is 9.05 Å². The number of unbranched alkanes of at least 4 members (excludes halogenated alkanes) is 21. The van der Waals surface area contributed by atoms with Gasteiger partial charge in [0, 0.05) is 6.42 Å². The molecule has 1 amide bonds. The number of amides is 1. The van der Waals surface area contributed by atoms with Crippen molar-refractivity contribution < 1.29 is 32.9 Å². The summed E-state index contributed by atoms with van der Waals surface area (Å²) in [6.07, 6.45) is 36.6. The number of phosphoric ester groups is 1. The molecule has 1 unspecified atom stereocenters. The van der Waals surface area contributed by atoms with Gasteiger partial charge in [-0.15, -0.1) is 0 Å². The van der Waals surface area contributed by atoms with Crippen LogP contribution in [0.3, 0.4) is 0 Å². The molecule has 0 saturated heterocycles. The molecule has 3 N–H and O–H groups in total. The van der Waals surface area contributed by atoms with E-state index in [1.165, 1.54) is 103 Å². The largest absolute Gasteiger partial charge is 0.472 e. The summed E-state index contributed by atoms with van der Waals surface area (Å²) in [5.41, 5.74) is 0. The fourth-order valence-electron chi connectivity index (χ4n) is 5.62. The molecule has 0 radical (unpaired) electrons. The van der Waals surface area contributed by atoms with Crippen LogP contribution in [0.4, 0.5) is 0 Å². The molecule has 0 spiro atoms. The van der Waals surface area contributed by atoms with Gasteiger partial charge in [-0.2, -0.15) is 0 Å². The maximum atomic E-state index is 12.8. The Bertz CT molecular complexity index is 860. The summed E-state index contributed by atoms with van der Waals surface area (Å²) in [5.74, 6) is -0.188. The first-order valence-corrected chi connectivity index (χ1v) is 21.7. The van der Waals surface area contributed by atoms with Crippen LogP contribution in [0.5, 0.6) is 0 Å². The molecule has 0 aliphatic heterocycles. The molecule has 0 rings (SSSR count).